The van der Waals surface area contributed by atoms with Crippen LogP contribution < -0.4 is 20.0 Å². The molecule has 1 atom stereocenters. The Morgan fingerprint density at radius 1 is 0.889 bits per heavy atom. The molecule has 12 heteroatoms. The summed E-state index contributed by atoms with van der Waals surface area (Å²) in [6.07, 6.45) is 4.46. The fourth-order valence-corrected chi connectivity index (χ4v) is 4.44. The molecule has 0 saturated heterocycles. The normalized spacial score (nSPS) is 14.2. The smallest absolute Gasteiger partial charge is 0.272 e. The van der Waals surface area contributed by atoms with E-state index in [1.54, 1.807) is 55.5 Å². The number of rotatable bonds is 13. The zero-order valence-electron chi connectivity index (χ0n) is 19.7. The molecule has 0 aliphatic carbocycles. The summed E-state index contributed by atoms with van der Waals surface area (Å²) in [5, 5.41) is 2.81. The van der Waals surface area contributed by atoms with Crippen LogP contribution in [0.25, 0.3) is 0 Å². The van der Waals surface area contributed by atoms with E-state index in [0.717, 1.165) is 11.1 Å². The highest BCUT2D eigenvalue weighted by molar-refractivity contribution is 7.58. The molecular formula is C24H26NO9P2-3. The van der Waals surface area contributed by atoms with Crippen LogP contribution in [0.4, 0.5) is 0 Å². The van der Waals surface area contributed by atoms with Gasteiger partial charge in [-0.3, -0.25) is 18.5 Å². The Bertz CT molecular complexity index is 1220. The van der Waals surface area contributed by atoms with Crippen molar-refractivity contribution in [3.63, 3.8) is 0 Å². The van der Waals surface area contributed by atoms with Crippen molar-refractivity contribution in [2.24, 2.45) is 0 Å². The van der Waals surface area contributed by atoms with Gasteiger partial charge in [0.05, 0.1) is 14.4 Å². The number of carbonyl (C=O) groups excluding carboxylic acids is 2. The molecule has 0 spiro atoms. The van der Waals surface area contributed by atoms with Crippen LogP contribution in [-0.4, -0.2) is 24.8 Å². The number of benzene rings is 2. The van der Waals surface area contributed by atoms with E-state index in [2.05, 4.69) is 14.2 Å². The number of hydrogen-bond acceptors (Lipinski definition) is 9. The first-order valence-corrected chi connectivity index (χ1v) is 13.8. The number of nitrogens with one attached hydrogen (secondary N) is 1. The van der Waals surface area contributed by atoms with Gasteiger partial charge in [0.25, 0.3) is 13.7 Å². The minimum absolute atomic E-state index is 0.170. The van der Waals surface area contributed by atoms with Crippen molar-refractivity contribution in [1.29, 1.82) is 0 Å². The maximum atomic E-state index is 12.6. The number of hydrogen-bond donors (Lipinski definition) is 1. The first-order valence-electron chi connectivity index (χ1n) is 10.8. The lowest BCUT2D eigenvalue weighted by Gasteiger charge is -2.34. The third-order valence-corrected chi connectivity index (χ3v) is 6.91. The quantitative estimate of drug-likeness (QED) is 0.231. The second-order valence-electron chi connectivity index (χ2n) is 7.87. The number of phosphoric ester groups is 1. The van der Waals surface area contributed by atoms with Crippen molar-refractivity contribution in [1.82, 2.24) is 5.32 Å². The number of carbonyl (C=O) groups is 2. The zero-order chi connectivity index (χ0) is 26.8. The third-order valence-electron chi connectivity index (χ3n) is 4.85. The summed E-state index contributed by atoms with van der Waals surface area (Å²) in [5.74, 6) is -0.486. The molecule has 0 heterocycles. The van der Waals surface area contributed by atoms with Crippen LogP contribution in [0, 0.1) is 0 Å². The van der Waals surface area contributed by atoms with Crippen LogP contribution >= 0.6 is 15.6 Å². The van der Waals surface area contributed by atoms with Crippen molar-refractivity contribution in [2.75, 3.05) is 13.2 Å². The lowest BCUT2D eigenvalue weighted by Crippen LogP contribution is -2.25. The van der Waals surface area contributed by atoms with E-state index in [0.29, 0.717) is 36.1 Å². The van der Waals surface area contributed by atoms with Crippen LogP contribution in [0.2, 0.25) is 0 Å². The molecule has 0 aliphatic rings. The third kappa shape index (κ3) is 10.9. The summed E-state index contributed by atoms with van der Waals surface area (Å²) in [5.41, 5.74) is 2.98. The summed E-state index contributed by atoms with van der Waals surface area (Å²) in [4.78, 5) is 57.1. The number of amides is 1. The standard InChI is InChI=1S/C24H29NO9P2/c1-18(14-15-33-36(31,32)34-35(28,29)30)8-6-9-19(2)17-25-24(27)22-13-7-12-21(16-22)23(26)20-10-4-3-5-11-20/h3-5,7,9-14,16H,6,8,15,17H2,1-2H3,(H,25,27)(H,31,32)(H2,28,29,30)/p-3/b18-14+,19-9+. The van der Waals surface area contributed by atoms with E-state index < -0.39 is 22.3 Å². The van der Waals surface area contributed by atoms with Crippen molar-refractivity contribution in [2.45, 2.75) is 26.7 Å². The maximum absolute atomic E-state index is 12.6. The molecule has 2 aromatic carbocycles. The summed E-state index contributed by atoms with van der Waals surface area (Å²) in [6.45, 7) is 3.38. The lowest BCUT2D eigenvalue weighted by molar-refractivity contribution is -0.339. The Morgan fingerprint density at radius 3 is 2.19 bits per heavy atom. The first-order chi connectivity index (χ1) is 16.9. The number of phosphoric acid groups is 2. The molecule has 36 heavy (non-hydrogen) atoms. The number of ketones is 1. The van der Waals surface area contributed by atoms with E-state index >= 15 is 0 Å². The molecule has 2 rings (SSSR count). The van der Waals surface area contributed by atoms with Gasteiger partial charge in [0.1, 0.15) is 0 Å². The molecule has 0 aromatic heterocycles. The van der Waals surface area contributed by atoms with Gasteiger partial charge in [0.15, 0.2) is 5.78 Å². The largest absolute Gasteiger partial charge is 0.790 e. The fourth-order valence-electron chi connectivity index (χ4n) is 3.02. The van der Waals surface area contributed by atoms with Gasteiger partial charge in [-0.05, 0) is 38.8 Å². The summed E-state index contributed by atoms with van der Waals surface area (Å²) in [7, 11) is -10.9. The molecule has 0 bridgehead atoms. The molecule has 0 fully saturated rings. The molecule has 194 valence electrons. The van der Waals surface area contributed by atoms with Gasteiger partial charge >= 0.3 is 0 Å². The average molecular weight is 534 g/mol. The Morgan fingerprint density at radius 2 is 1.53 bits per heavy atom. The fraction of sp³-hybridized carbons (Fsp3) is 0.250. The second kappa shape index (κ2) is 13.6. The van der Waals surface area contributed by atoms with E-state index in [9.17, 15) is 33.4 Å². The van der Waals surface area contributed by atoms with Crippen LogP contribution in [0.5, 0.6) is 0 Å². The Balaban J connectivity index is 1.81. The molecule has 10 nitrogen and oxygen atoms in total. The lowest BCUT2D eigenvalue weighted by atomic mass is 10.0. The predicted octanol–water partition coefficient (Wildman–Crippen LogP) is 2.65. The van der Waals surface area contributed by atoms with Gasteiger partial charge < -0.3 is 29.1 Å². The molecule has 0 aliphatic heterocycles. The van der Waals surface area contributed by atoms with Crippen LogP contribution in [0.1, 0.15) is 53.0 Å². The molecule has 2 aromatic rings. The molecule has 0 radical (unpaired) electrons. The number of allylic oxidation sites excluding steroid dienone is 2. The van der Waals surface area contributed by atoms with E-state index in [-0.39, 0.29) is 11.7 Å². The van der Waals surface area contributed by atoms with Gasteiger partial charge in [0.2, 0.25) is 0 Å². The predicted molar refractivity (Wildman–Crippen MR) is 128 cm³/mol. The molecule has 1 unspecified atom stereocenters. The molecule has 1 N–H and O–H groups in total. The zero-order valence-corrected chi connectivity index (χ0v) is 21.5. The molecular weight excluding hydrogens is 508 g/mol. The van der Waals surface area contributed by atoms with Crippen LogP contribution in [-0.2, 0) is 18.0 Å². The first kappa shape index (κ1) is 29.5. The summed E-state index contributed by atoms with van der Waals surface area (Å²) < 4.78 is 29.2. The van der Waals surface area contributed by atoms with Gasteiger partial charge in [-0.2, -0.15) is 0 Å². The Kier molecular flexibility index (Phi) is 11.1. The van der Waals surface area contributed by atoms with Gasteiger partial charge in [-0.25, -0.2) is 0 Å². The Hall–Kier alpha value is -2.68. The average Bonchev–Trinajstić information content (AvgIpc) is 2.81. The minimum Gasteiger partial charge on any atom is -0.790 e. The minimum atomic E-state index is -5.71. The topological polar surface area (TPSA) is 168 Å². The van der Waals surface area contributed by atoms with E-state index in [1.807, 2.05) is 19.1 Å². The summed E-state index contributed by atoms with van der Waals surface area (Å²) in [6, 6.07) is 15.3. The van der Waals surface area contributed by atoms with Crippen molar-refractivity contribution < 1.29 is 42.2 Å². The van der Waals surface area contributed by atoms with Crippen molar-refractivity contribution in [3.8, 4) is 0 Å². The summed E-state index contributed by atoms with van der Waals surface area (Å²) >= 11 is 0. The molecule has 1 amide bonds. The maximum Gasteiger partial charge on any atom is 0.272 e. The Labute approximate surface area is 209 Å². The van der Waals surface area contributed by atoms with Crippen LogP contribution in [0.3, 0.4) is 0 Å². The van der Waals surface area contributed by atoms with Gasteiger partial charge in [-0.15, -0.1) is 0 Å². The van der Waals surface area contributed by atoms with Crippen molar-refractivity contribution >= 4 is 27.3 Å². The SMILES string of the molecule is C/C(=C\COP(=O)([O-])OP(=O)([O-])[O-])CC/C=C(\C)CNC(=O)c1cccc(C(=O)c2ccccc2)c1. The van der Waals surface area contributed by atoms with Gasteiger partial charge in [0, 0.05) is 23.2 Å². The van der Waals surface area contributed by atoms with E-state index in [4.69, 9.17) is 0 Å². The monoisotopic (exact) mass is 534 g/mol. The highest BCUT2D eigenvalue weighted by Crippen LogP contribution is 2.50. The van der Waals surface area contributed by atoms with E-state index in [1.165, 1.54) is 6.08 Å². The van der Waals surface area contributed by atoms with Crippen LogP contribution in [0.15, 0.2) is 77.9 Å². The second-order valence-corrected chi connectivity index (χ2v) is 10.6. The molecule has 0 saturated carbocycles. The van der Waals surface area contributed by atoms with Gasteiger partial charge in [-0.1, -0.05) is 65.8 Å². The van der Waals surface area contributed by atoms with Crippen molar-refractivity contribution in [3.05, 3.63) is 94.6 Å². The highest BCUT2D eigenvalue weighted by atomic mass is 31.3. The highest BCUT2D eigenvalue weighted by Gasteiger charge is 2.12.